The highest BCUT2D eigenvalue weighted by atomic mass is 32.1. The lowest BCUT2D eigenvalue weighted by Gasteiger charge is -2.38. The summed E-state index contributed by atoms with van der Waals surface area (Å²) >= 11 is 1.50. The first kappa shape index (κ1) is 22.4. The van der Waals surface area contributed by atoms with Gasteiger partial charge in [0.05, 0.1) is 12.3 Å². The molecule has 2 aromatic heterocycles. The number of alkyl halides is 2. The third kappa shape index (κ3) is 5.17. The first-order valence-corrected chi connectivity index (χ1v) is 11.1. The van der Waals surface area contributed by atoms with Crippen LogP contribution in [0, 0.1) is 6.92 Å². The molecule has 1 aliphatic rings. The third-order valence-electron chi connectivity index (χ3n) is 5.47. The summed E-state index contributed by atoms with van der Waals surface area (Å²) in [6.45, 7) is 2.66. The van der Waals surface area contributed by atoms with Gasteiger partial charge in [0, 0.05) is 36.6 Å². The number of furan rings is 1. The van der Waals surface area contributed by atoms with Crippen LogP contribution < -0.4 is 10.1 Å². The van der Waals surface area contributed by atoms with Crippen LogP contribution in [0.15, 0.2) is 53.1 Å². The molecule has 32 heavy (non-hydrogen) atoms. The Labute approximate surface area is 189 Å². The lowest BCUT2D eigenvalue weighted by atomic mass is 9.97. The molecule has 1 saturated heterocycles. The number of halogens is 2. The summed E-state index contributed by atoms with van der Waals surface area (Å²) in [5.74, 6) is 0.0521. The lowest BCUT2D eigenvalue weighted by molar-refractivity contribution is -0.0498. The Hall–Kier alpha value is -2.75. The van der Waals surface area contributed by atoms with Gasteiger partial charge in [0.1, 0.15) is 10.8 Å². The van der Waals surface area contributed by atoms with Gasteiger partial charge in [-0.05, 0) is 49.9 Å². The van der Waals surface area contributed by atoms with Gasteiger partial charge in [-0.2, -0.15) is 8.78 Å². The number of carbonyl (C=O) groups excluding carboxylic acids is 1. The Balaban J connectivity index is 1.68. The average molecular weight is 462 g/mol. The molecule has 9 heteroatoms. The van der Waals surface area contributed by atoms with Crippen molar-refractivity contribution in [3.63, 3.8) is 0 Å². The van der Waals surface area contributed by atoms with Crippen LogP contribution in [0.1, 0.15) is 32.6 Å². The molecule has 0 bridgehead atoms. The molecule has 0 aliphatic carbocycles. The normalized spacial score (nSPS) is 16.3. The smallest absolute Gasteiger partial charge is 0.387 e. The Morgan fingerprint density at radius 1 is 1.16 bits per heavy atom. The van der Waals surface area contributed by atoms with Gasteiger partial charge in [0.15, 0.2) is 5.76 Å². The van der Waals surface area contributed by atoms with Crippen molar-refractivity contribution in [2.45, 2.75) is 19.6 Å². The Bertz CT molecular complexity index is 1030. The predicted molar refractivity (Wildman–Crippen MR) is 120 cm³/mol. The van der Waals surface area contributed by atoms with Crippen LogP contribution in [0.5, 0.6) is 5.75 Å². The van der Waals surface area contributed by atoms with Gasteiger partial charge < -0.3 is 19.4 Å². The maximum absolute atomic E-state index is 12.7. The number of aryl methyl sites for hydroxylation is 1. The van der Waals surface area contributed by atoms with E-state index in [0.717, 1.165) is 47.2 Å². The number of nitrogens with one attached hydrogen (secondary N) is 1. The molecule has 1 atom stereocenters. The summed E-state index contributed by atoms with van der Waals surface area (Å²) in [5, 5.41) is 3.74. The molecule has 1 amide bonds. The van der Waals surface area contributed by atoms with Crippen molar-refractivity contribution in [3.05, 3.63) is 70.5 Å². The van der Waals surface area contributed by atoms with Crippen molar-refractivity contribution in [1.82, 2.24) is 9.80 Å². The van der Waals surface area contributed by atoms with E-state index < -0.39 is 6.61 Å². The van der Waals surface area contributed by atoms with Crippen molar-refractivity contribution in [2.75, 3.05) is 38.5 Å². The number of anilines is 1. The molecule has 3 heterocycles. The highest BCUT2D eigenvalue weighted by Gasteiger charge is 2.29. The van der Waals surface area contributed by atoms with Gasteiger partial charge in [0.2, 0.25) is 0 Å². The van der Waals surface area contributed by atoms with Gasteiger partial charge in [-0.1, -0.05) is 12.1 Å². The quantitative estimate of drug-likeness (QED) is 0.546. The fourth-order valence-electron chi connectivity index (χ4n) is 3.91. The zero-order chi connectivity index (χ0) is 22.7. The van der Waals surface area contributed by atoms with E-state index in [9.17, 15) is 13.6 Å². The van der Waals surface area contributed by atoms with E-state index in [4.69, 9.17) is 4.42 Å². The van der Waals surface area contributed by atoms with Crippen molar-refractivity contribution < 1.29 is 22.7 Å². The van der Waals surface area contributed by atoms with E-state index >= 15 is 0 Å². The molecular formula is C23H25F2N3O3S. The molecule has 170 valence electrons. The van der Waals surface area contributed by atoms with E-state index in [0.29, 0.717) is 0 Å². The summed E-state index contributed by atoms with van der Waals surface area (Å²) in [6.07, 6.45) is 1.46. The van der Waals surface area contributed by atoms with Crippen molar-refractivity contribution in [1.29, 1.82) is 0 Å². The minimum Gasteiger partial charge on any atom is -0.459 e. The molecule has 6 nitrogen and oxygen atoms in total. The summed E-state index contributed by atoms with van der Waals surface area (Å²) in [4.78, 5) is 18.3. The monoisotopic (exact) mass is 461 g/mol. The third-order valence-corrected chi connectivity index (χ3v) is 6.46. The topological polar surface area (TPSA) is 58.0 Å². The van der Waals surface area contributed by atoms with Crippen LogP contribution in [0.4, 0.5) is 13.8 Å². The fourth-order valence-corrected chi connectivity index (χ4v) is 4.85. The van der Waals surface area contributed by atoms with E-state index in [-0.39, 0.29) is 23.5 Å². The molecule has 0 spiro atoms. The Morgan fingerprint density at radius 3 is 2.50 bits per heavy atom. The molecule has 0 unspecified atom stereocenters. The zero-order valence-electron chi connectivity index (χ0n) is 17.9. The SMILES string of the molecule is Cc1cc([C@@H](c2ccc(OC(F)F)cc2)N2CCN(C)CC2)c(NC(=O)c2ccco2)s1. The number of amides is 1. The highest BCUT2D eigenvalue weighted by molar-refractivity contribution is 7.16. The first-order chi connectivity index (χ1) is 15.4. The van der Waals surface area contributed by atoms with Crippen molar-refractivity contribution in [3.8, 4) is 5.75 Å². The minimum atomic E-state index is -2.86. The highest BCUT2D eigenvalue weighted by Crippen LogP contribution is 2.40. The van der Waals surface area contributed by atoms with Crippen LogP contribution in [-0.4, -0.2) is 55.5 Å². The Morgan fingerprint density at radius 2 is 1.88 bits per heavy atom. The summed E-state index contributed by atoms with van der Waals surface area (Å²) < 4.78 is 34.9. The van der Waals surface area contributed by atoms with Crippen LogP contribution in [-0.2, 0) is 0 Å². The molecule has 4 rings (SSSR count). The standard InChI is InChI=1S/C23H25F2N3O3S/c1-15-14-18(22(32-15)26-21(29)19-4-3-13-30-19)20(28-11-9-27(2)10-12-28)16-5-7-17(8-6-16)31-23(24)25/h3-8,13-14,20,23H,9-12H2,1-2H3,(H,26,29)/t20-/m1/s1. The number of ether oxygens (including phenoxy) is 1. The maximum Gasteiger partial charge on any atom is 0.387 e. The number of nitrogens with zero attached hydrogens (tertiary/aromatic N) is 2. The molecule has 0 radical (unpaired) electrons. The zero-order valence-corrected chi connectivity index (χ0v) is 18.7. The van der Waals surface area contributed by atoms with Crippen LogP contribution in [0.2, 0.25) is 0 Å². The van der Waals surface area contributed by atoms with Gasteiger partial charge >= 0.3 is 6.61 Å². The van der Waals surface area contributed by atoms with Gasteiger partial charge in [-0.3, -0.25) is 9.69 Å². The van der Waals surface area contributed by atoms with Crippen LogP contribution >= 0.6 is 11.3 Å². The predicted octanol–water partition coefficient (Wildman–Crippen LogP) is 4.84. The molecule has 0 saturated carbocycles. The van der Waals surface area contributed by atoms with Gasteiger partial charge in [0.25, 0.3) is 5.91 Å². The number of benzene rings is 1. The summed E-state index contributed by atoms with van der Waals surface area (Å²) in [7, 11) is 2.09. The maximum atomic E-state index is 12.7. The van der Waals surface area contributed by atoms with E-state index in [1.807, 2.05) is 19.1 Å². The van der Waals surface area contributed by atoms with Crippen molar-refractivity contribution >= 4 is 22.2 Å². The second kappa shape index (κ2) is 9.81. The molecule has 1 fully saturated rings. The summed E-state index contributed by atoms with van der Waals surface area (Å²) in [6, 6.07) is 12.0. The molecule has 1 aromatic carbocycles. The molecule has 1 aliphatic heterocycles. The first-order valence-electron chi connectivity index (χ1n) is 10.3. The second-order valence-electron chi connectivity index (χ2n) is 7.76. The van der Waals surface area contributed by atoms with Crippen molar-refractivity contribution in [2.24, 2.45) is 0 Å². The fraction of sp³-hybridized carbons (Fsp3) is 0.348. The summed E-state index contributed by atoms with van der Waals surface area (Å²) in [5.41, 5.74) is 1.92. The number of thiophene rings is 1. The number of piperazine rings is 1. The van der Waals surface area contributed by atoms with E-state index in [2.05, 4.69) is 33.0 Å². The van der Waals surface area contributed by atoms with E-state index in [1.54, 1.807) is 24.3 Å². The Kier molecular flexibility index (Phi) is 6.88. The average Bonchev–Trinajstić information content (AvgIpc) is 3.41. The minimum absolute atomic E-state index is 0.119. The van der Waals surface area contributed by atoms with Crippen LogP contribution in [0.25, 0.3) is 0 Å². The van der Waals surface area contributed by atoms with Gasteiger partial charge in [-0.25, -0.2) is 0 Å². The van der Waals surface area contributed by atoms with Crippen LogP contribution in [0.3, 0.4) is 0 Å². The second-order valence-corrected chi connectivity index (χ2v) is 9.02. The largest absolute Gasteiger partial charge is 0.459 e. The number of rotatable bonds is 7. The molecule has 1 N–H and O–H groups in total. The lowest BCUT2D eigenvalue weighted by Crippen LogP contribution is -2.46. The number of likely N-dealkylation sites (N-methyl/N-ethyl adjacent to an activating group) is 1. The molecule has 3 aromatic rings. The number of hydrogen-bond acceptors (Lipinski definition) is 6. The molecular weight excluding hydrogens is 436 g/mol. The number of hydrogen-bond donors (Lipinski definition) is 1. The number of carbonyl (C=O) groups is 1. The van der Waals surface area contributed by atoms with E-state index in [1.165, 1.54) is 17.6 Å². The van der Waals surface area contributed by atoms with Gasteiger partial charge in [-0.15, -0.1) is 11.3 Å².